The summed E-state index contributed by atoms with van der Waals surface area (Å²) >= 11 is 0. The van der Waals surface area contributed by atoms with E-state index in [0.29, 0.717) is 29.5 Å². The third kappa shape index (κ3) is 2.86. The predicted molar refractivity (Wildman–Crippen MR) is 89.0 cm³/mol. The van der Waals surface area contributed by atoms with Crippen molar-refractivity contribution < 1.29 is 4.79 Å². The number of likely N-dealkylation sites (tertiary alicyclic amines) is 1. The minimum absolute atomic E-state index is 0.0972. The van der Waals surface area contributed by atoms with Crippen molar-refractivity contribution in [3.63, 3.8) is 0 Å². The van der Waals surface area contributed by atoms with Gasteiger partial charge in [-0.05, 0) is 42.9 Å². The summed E-state index contributed by atoms with van der Waals surface area (Å²) in [5, 5.41) is 3.13. The molecule has 1 aliphatic heterocycles. The number of aromatic nitrogens is 2. The maximum absolute atomic E-state index is 12.7. The van der Waals surface area contributed by atoms with Crippen LogP contribution in [0.25, 0.3) is 0 Å². The van der Waals surface area contributed by atoms with Gasteiger partial charge in [0.05, 0.1) is 18.6 Å². The average Bonchev–Trinajstić information content (AvgIpc) is 3.12. The zero-order valence-electron chi connectivity index (χ0n) is 14.5. The maximum atomic E-state index is 12.7. The van der Waals surface area contributed by atoms with Crippen LogP contribution >= 0.6 is 0 Å². The van der Waals surface area contributed by atoms with E-state index in [2.05, 4.69) is 40.5 Å². The van der Waals surface area contributed by atoms with E-state index in [1.165, 1.54) is 19.3 Å². The van der Waals surface area contributed by atoms with Crippen molar-refractivity contribution in [3.05, 3.63) is 18.2 Å². The molecule has 0 aromatic carbocycles. The molecule has 5 heteroatoms. The molecule has 2 atom stereocenters. The zero-order valence-corrected chi connectivity index (χ0v) is 14.5. The number of fused-ring (bicyclic) bond motifs is 2. The minimum atomic E-state index is 0.0972. The first-order chi connectivity index (χ1) is 10.9. The maximum Gasteiger partial charge on any atom is 0.317 e. The van der Waals surface area contributed by atoms with Crippen LogP contribution < -0.4 is 5.32 Å². The van der Waals surface area contributed by atoms with Crippen molar-refractivity contribution in [2.75, 3.05) is 6.54 Å². The van der Waals surface area contributed by atoms with Gasteiger partial charge in [0.15, 0.2) is 0 Å². The molecule has 1 aromatic heterocycles. The van der Waals surface area contributed by atoms with Gasteiger partial charge in [-0.1, -0.05) is 20.8 Å². The Morgan fingerprint density at radius 2 is 2.09 bits per heavy atom. The Morgan fingerprint density at radius 1 is 1.30 bits per heavy atom. The number of amides is 2. The van der Waals surface area contributed by atoms with Crippen LogP contribution in [0.4, 0.5) is 4.79 Å². The lowest BCUT2D eigenvalue weighted by atomic mass is 9.65. The summed E-state index contributed by atoms with van der Waals surface area (Å²) in [5.41, 5.74) is 1.76. The van der Waals surface area contributed by atoms with Crippen molar-refractivity contribution in [1.82, 2.24) is 19.8 Å². The minimum Gasteiger partial charge on any atom is -0.332 e. The molecule has 3 fully saturated rings. The van der Waals surface area contributed by atoms with Gasteiger partial charge in [-0.15, -0.1) is 0 Å². The molecule has 1 aromatic rings. The van der Waals surface area contributed by atoms with E-state index in [-0.39, 0.29) is 6.03 Å². The molecule has 2 aliphatic carbocycles. The first-order valence-corrected chi connectivity index (χ1v) is 8.91. The Balaban J connectivity index is 1.41. The lowest BCUT2D eigenvalue weighted by molar-refractivity contribution is 0.129. The Kier molecular flexibility index (Phi) is 3.26. The molecule has 4 rings (SSSR count). The van der Waals surface area contributed by atoms with Crippen LogP contribution in [-0.2, 0) is 6.54 Å². The summed E-state index contributed by atoms with van der Waals surface area (Å²) < 4.78 is 2.22. The predicted octanol–water partition coefficient (Wildman–Crippen LogP) is 3.33. The van der Waals surface area contributed by atoms with Gasteiger partial charge in [0.25, 0.3) is 0 Å². The molecule has 1 saturated heterocycles. The topological polar surface area (TPSA) is 50.2 Å². The molecule has 2 saturated carbocycles. The van der Waals surface area contributed by atoms with Gasteiger partial charge in [0.2, 0.25) is 0 Å². The lowest BCUT2D eigenvalue weighted by Gasteiger charge is -2.39. The fourth-order valence-corrected chi connectivity index (χ4v) is 5.12. The molecule has 126 valence electrons. The fourth-order valence-electron chi connectivity index (χ4n) is 5.12. The molecule has 2 heterocycles. The monoisotopic (exact) mass is 316 g/mol. The van der Waals surface area contributed by atoms with Crippen LogP contribution in [-0.4, -0.2) is 33.1 Å². The summed E-state index contributed by atoms with van der Waals surface area (Å²) in [7, 11) is 0. The number of imidazole rings is 1. The van der Waals surface area contributed by atoms with Crippen LogP contribution in [0.1, 0.15) is 64.6 Å². The largest absolute Gasteiger partial charge is 0.332 e. The van der Waals surface area contributed by atoms with Gasteiger partial charge < -0.3 is 14.8 Å². The van der Waals surface area contributed by atoms with E-state index >= 15 is 0 Å². The molecule has 0 spiro atoms. The molecule has 2 amide bonds. The molecule has 5 nitrogen and oxygen atoms in total. The molecule has 1 N–H and O–H groups in total. The molecule has 0 radical (unpaired) electrons. The van der Waals surface area contributed by atoms with Crippen molar-refractivity contribution in [2.24, 2.45) is 10.8 Å². The number of nitrogens with zero attached hydrogens (tertiary/aromatic N) is 3. The summed E-state index contributed by atoms with van der Waals surface area (Å²) in [6.07, 6.45) is 9.74. The number of urea groups is 1. The number of carbonyl (C=O) groups is 1. The van der Waals surface area contributed by atoms with E-state index in [9.17, 15) is 4.79 Å². The number of hydrogen-bond donors (Lipinski definition) is 1. The van der Waals surface area contributed by atoms with E-state index in [0.717, 1.165) is 25.1 Å². The van der Waals surface area contributed by atoms with Crippen molar-refractivity contribution >= 4 is 6.03 Å². The highest BCUT2D eigenvalue weighted by Crippen LogP contribution is 2.52. The summed E-state index contributed by atoms with van der Waals surface area (Å²) in [4.78, 5) is 19.0. The summed E-state index contributed by atoms with van der Waals surface area (Å²) in [6.45, 7) is 8.50. The second kappa shape index (κ2) is 4.99. The Hall–Kier alpha value is -1.52. The second-order valence-electron chi connectivity index (χ2n) is 9.02. The summed E-state index contributed by atoms with van der Waals surface area (Å²) in [6, 6.07) is 1.10. The third-order valence-electron chi connectivity index (χ3n) is 5.78. The number of nitrogens with one attached hydrogen (secondary N) is 1. The van der Waals surface area contributed by atoms with E-state index in [1.807, 2.05) is 12.5 Å². The van der Waals surface area contributed by atoms with Crippen LogP contribution in [0, 0.1) is 10.8 Å². The smallest absolute Gasteiger partial charge is 0.317 e. The lowest BCUT2D eigenvalue weighted by Crippen LogP contribution is -2.43. The molecule has 2 bridgehead atoms. The van der Waals surface area contributed by atoms with Crippen LogP contribution in [0.15, 0.2) is 12.5 Å². The van der Waals surface area contributed by atoms with E-state index < -0.39 is 0 Å². The van der Waals surface area contributed by atoms with E-state index in [4.69, 9.17) is 0 Å². The average molecular weight is 316 g/mol. The Morgan fingerprint density at radius 3 is 2.83 bits per heavy atom. The van der Waals surface area contributed by atoms with Gasteiger partial charge >= 0.3 is 6.03 Å². The fraction of sp³-hybridized carbons (Fsp3) is 0.778. The standard InChI is InChI=1S/C18H28N4O/c1-17(2)6-14-7-18(3,10-17)11-21(14)16(23)20-9-15-8-19-12-22(15)13-4-5-13/h8,12-14H,4-7,9-11H2,1-3H3,(H,20,23)/t14-,18-/m1/s1. The Bertz CT molecular complexity index is 618. The quantitative estimate of drug-likeness (QED) is 0.930. The zero-order chi connectivity index (χ0) is 16.2. The molecular formula is C18H28N4O. The molecule has 0 unspecified atom stereocenters. The van der Waals surface area contributed by atoms with Gasteiger partial charge in [-0.3, -0.25) is 0 Å². The van der Waals surface area contributed by atoms with Gasteiger partial charge in [-0.25, -0.2) is 9.78 Å². The number of rotatable bonds is 3. The van der Waals surface area contributed by atoms with Crippen molar-refractivity contribution in [1.29, 1.82) is 0 Å². The highest BCUT2D eigenvalue weighted by molar-refractivity contribution is 5.75. The van der Waals surface area contributed by atoms with Gasteiger partial charge in [0.1, 0.15) is 0 Å². The number of hydrogen-bond acceptors (Lipinski definition) is 2. The second-order valence-corrected chi connectivity index (χ2v) is 9.02. The molecule has 23 heavy (non-hydrogen) atoms. The molecule has 3 aliphatic rings. The first-order valence-electron chi connectivity index (χ1n) is 8.91. The number of carbonyl (C=O) groups excluding carboxylic acids is 1. The van der Waals surface area contributed by atoms with Crippen molar-refractivity contribution in [2.45, 2.75) is 71.5 Å². The van der Waals surface area contributed by atoms with Crippen LogP contribution in [0.5, 0.6) is 0 Å². The SMILES string of the molecule is CC1(C)C[C@@H]2C[C@@](C)(CN2C(=O)NCc2cncn2C2CC2)C1. The first kappa shape index (κ1) is 15.0. The van der Waals surface area contributed by atoms with E-state index in [1.54, 1.807) is 0 Å². The van der Waals surface area contributed by atoms with Crippen LogP contribution in [0.3, 0.4) is 0 Å². The summed E-state index contributed by atoms with van der Waals surface area (Å²) in [5.74, 6) is 0. The van der Waals surface area contributed by atoms with Gasteiger partial charge in [0, 0.05) is 24.8 Å². The van der Waals surface area contributed by atoms with Gasteiger partial charge in [-0.2, -0.15) is 0 Å². The highest BCUT2D eigenvalue weighted by Gasteiger charge is 2.50. The van der Waals surface area contributed by atoms with Crippen molar-refractivity contribution in [3.8, 4) is 0 Å². The Labute approximate surface area is 138 Å². The third-order valence-corrected chi connectivity index (χ3v) is 5.78. The van der Waals surface area contributed by atoms with Crippen LogP contribution in [0.2, 0.25) is 0 Å². The molecular weight excluding hydrogens is 288 g/mol. The highest BCUT2D eigenvalue weighted by atomic mass is 16.2. The normalized spacial score (nSPS) is 32.1.